The van der Waals surface area contributed by atoms with E-state index in [1.807, 2.05) is 42.5 Å². The molecule has 2 heterocycles. The highest BCUT2D eigenvalue weighted by molar-refractivity contribution is 6.02. The van der Waals surface area contributed by atoms with Crippen LogP contribution in [0.3, 0.4) is 0 Å². The fraction of sp³-hybridized carbons (Fsp3) is 0.273. The number of ether oxygens (including phenoxy) is 3. The van der Waals surface area contributed by atoms with Gasteiger partial charge in [-0.1, -0.05) is 6.07 Å². The van der Waals surface area contributed by atoms with Crippen LogP contribution in [0.4, 0.5) is 5.69 Å². The molecule has 1 amide bonds. The van der Waals surface area contributed by atoms with Crippen molar-refractivity contribution in [1.82, 2.24) is 4.98 Å². The number of carbonyl (C=O) groups excluding carboxylic acids is 1. The number of amides is 1. The normalized spacial score (nSPS) is 13.0. The lowest BCUT2D eigenvalue weighted by atomic mass is 10.1. The zero-order valence-electron chi connectivity index (χ0n) is 15.7. The minimum atomic E-state index is -0.0533. The highest BCUT2D eigenvalue weighted by atomic mass is 16.5. The molecule has 1 aliphatic rings. The first-order valence-corrected chi connectivity index (χ1v) is 9.35. The van der Waals surface area contributed by atoms with E-state index < -0.39 is 0 Å². The average Bonchev–Trinajstić information content (AvgIpc) is 2.97. The van der Waals surface area contributed by atoms with Crippen molar-refractivity contribution in [1.29, 1.82) is 0 Å². The molecule has 0 saturated heterocycles. The second kappa shape index (κ2) is 8.17. The van der Waals surface area contributed by atoms with E-state index in [2.05, 4.69) is 10.3 Å². The number of methoxy groups -OCH3 is 1. The maximum Gasteiger partial charge on any atom is 0.224 e. The van der Waals surface area contributed by atoms with Crippen LogP contribution in [0.2, 0.25) is 0 Å². The summed E-state index contributed by atoms with van der Waals surface area (Å²) in [6.45, 7) is 1.31. The van der Waals surface area contributed by atoms with E-state index in [4.69, 9.17) is 14.2 Å². The van der Waals surface area contributed by atoms with E-state index in [9.17, 15) is 4.79 Å². The molecule has 1 aliphatic heterocycles. The van der Waals surface area contributed by atoms with Crippen molar-refractivity contribution in [2.24, 2.45) is 0 Å². The lowest BCUT2D eigenvalue weighted by molar-refractivity contribution is -0.116. The Balaban J connectivity index is 1.44. The van der Waals surface area contributed by atoms with Crippen LogP contribution < -0.4 is 19.5 Å². The van der Waals surface area contributed by atoms with Gasteiger partial charge in [-0.3, -0.25) is 9.78 Å². The quantitative estimate of drug-likeness (QED) is 0.727. The predicted octanol–water partition coefficient (Wildman–Crippen LogP) is 3.98. The summed E-state index contributed by atoms with van der Waals surface area (Å²) in [6.07, 6.45) is 3.57. The lowest BCUT2D eigenvalue weighted by Gasteiger charge is -2.12. The number of hydrogen-bond acceptors (Lipinski definition) is 5. The summed E-state index contributed by atoms with van der Waals surface area (Å²) in [4.78, 5) is 16.9. The first kappa shape index (κ1) is 18.1. The van der Waals surface area contributed by atoms with E-state index in [0.29, 0.717) is 31.8 Å². The first-order chi connectivity index (χ1) is 13.7. The van der Waals surface area contributed by atoms with Gasteiger partial charge in [-0.05, 0) is 48.4 Å². The van der Waals surface area contributed by atoms with Gasteiger partial charge in [0.1, 0.15) is 11.3 Å². The van der Waals surface area contributed by atoms with E-state index in [0.717, 1.165) is 40.1 Å². The Labute approximate surface area is 163 Å². The molecule has 1 aromatic heterocycles. The molecule has 1 N–H and O–H groups in total. The van der Waals surface area contributed by atoms with Crippen LogP contribution >= 0.6 is 0 Å². The third kappa shape index (κ3) is 3.86. The summed E-state index contributed by atoms with van der Waals surface area (Å²) >= 11 is 0. The SMILES string of the molecule is COc1ccc(NC(=O)CCc2ccc3c(c2)OCCCO3)c2cccnc12. The molecular formula is C22H22N2O4. The largest absolute Gasteiger partial charge is 0.494 e. The molecule has 0 radical (unpaired) electrons. The molecule has 0 fully saturated rings. The Hall–Kier alpha value is -3.28. The van der Waals surface area contributed by atoms with Crippen LogP contribution in [0.5, 0.6) is 17.2 Å². The van der Waals surface area contributed by atoms with Crippen molar-refractivity contribution in [3.63, 3.8) is 0 Å². The van der Waals surface area contributed by atoms with E-state index in [-0.39, 0.29) is 5.91 Å². The number of nitrogens with one attached hydrogen (secondary N) is 1. The molecule has 28 heavy (non-hydrogen) atoms. The molecule has 6 heteroatoms. The number of carbonyl (C=O) groups is 1. The highest BCUT2D eigenvalue weighted by Crippen LogP contribution is 2.31. The molecule has 0 atom stereocenters. The monoisotopic (exact) mass is 378 g/mol. The third-order valence-electron chi connectivity index (χ3n) is 4.68. The first-order valence-electron chi connectivity index (χ1n) is 9.35. The van der Waals surface area contributed by atoms with Crippen LogP contribution in [0.25, 0.3) is 10.9 Å². The number of fused-ring (bicyclic) bond motifs is 2. The fourth-order valence-corrected chi connectivity index (χ4v) is 3.25. The number of benzene rings is 2. The zero-order chi connectivity index (χ0) is 19.3. The summed E-state index contributed by atoms with van der Waals surface area (Å²) in [6, 6.07) is 13.3. The molecule has 0 spiro atoms. The van der Waals surface area contributed by atoms with Crippen LogP contribution in [-0.2, 0) is 11.2 Å². The molecule has 0 aliphatic carbocycles. The van der Waals surface area contributed by atoms with Crippen molar-refractivity contribution >= 4 is 22.5 Å². The van der Waals surface area contributed by atoms with Gasteiger partial charge in [-0.25, -0.2) is 0 Å². The van der Waals surface area contributed by atoms with Gasteiger partial charge < -0.3 is 19.5 Å². The molecule has 144 valence electrons. The number of anilines is 1. The highest BCUT2D eigenvalue weighted by Gasteiger charge is 2.13. The summed E-state index contributed by atoms with van der Waals surface area (Å²) in [5, 5.41) is 3.84. The van der Waals surface area contributed by atoms with Gasteiger partial charge in [0.05, 0.1) is 26.0 Å². The summed E-state index contributed by atoms with van der Waals surface area (Å²) in [7, 11) is 1.61. The number of rotatable bonds is 5. The van der Waals surface area contributed by atoms with Crippen molar-refractivity contribution in [2.75, 3.05) is 25.6 Å². The maximum absolute atomic E-state index is 12.5. The van der Waals surface area contributed by atoms with Crippen LogP contribution in [0.1, 0.15) is 18.4 Å². The zero-order valence-corrected chi connectivity index (χ0v) is 15.7. The number of hydrogen-bond donors (Lipinski definition) is 1. The summed E-state index contributed by atoms with van der Waals surface area (Å²) < 4.78 is 16.7. The smallest absolute Gasteiger partial charge is 0.224 e. The molecule has 0 saturated carbocycles. The maximum atomic E-state index is 12.5. The standard InChI is InChI=1S/C22H22N2O4/c1-26-19-9-7-17(16-4-2-11-23-22(16)19)24-21(25)10-6-15-5-8-18-20(14-15)28-13-3-12-27-18/h2,4-5,7-9,11,14H,3,6,10,12-13H2,1H3,(H,24,25). The Bertz CT molecular complexity index is 1000. The van der Waals surface area contributed by atoms with E-state index in [1.165, 1.54) is 0 Å². The van der Waals surface area contributed by atoms with E-state index >= 15 is 0 Å². The molecule has 6 nitrogen and oxygen atoms in total. The van der Waals surface area contributed by atoms with Gasteiger partial charge in [0, 0.05) is 24.4 Å². The Morgan fingerprint density at radius 2 is 2.00 bits per heavy atom. The van der Waals surface area contributed by atoms with Crippen LogP contribution in [0.15, 0.2) is 48.7 Å². The average molecular weight is 378 g/mol. The fourth-order valence-electron chi connectivity index (χ4n) is 3.25. The molecule has 4 rings (SSSR count). The Morgan fingerprint density at radius 1 is 1.14 bits per heavy atom. The lowest BCUT2D eigenvalue weighted by Crippen LogP contribution is -2.12. The van der Waals surface area contributed by atoms with Crippen molar-refractivity contribution in [3.05, 3.63) is 54.2 Å². The molecule has 0 bridgehead atoms. The molecule has 0 unspecified atom stereocenters. The van der Waals surface area contributed by atoms with Gasteiger partial charge in [0.2, 0.25) is 5.91 Å². The second-order valence-electron chi connectivity index (χ2n) is 6.59. The Morgan fingerprint density at radius 3 is 2.86 bits per heavy atom. The number of aromatic nitrogens is 1. The third-order valence-corrected chi connectivity index (χ3v) is 4.68. The van der Waals surface area contributed by atoms with Gasteiger partial charge in [0.15, 0.2) is 11.5 Å². The van der Waals surface area contributed by atoms with Gasteiger partial charge >= 0.3 is 0 Å². The van der Waals surface area contributed by atoms with Gasteiger partial charge in [-0.2, -0.15) is 0 Å². The number of aryl methyl sites for hydroxylation is 1. The molecule has 3 aromatic rings. The van der Waals surface area contributed by atoms with Crippen LogP contribution in [0, 0.1) is 0 Å². The molecular weight excluding hydrogens is 356 g/mol. The summed E-state index contributed by atoms with van der Waals surface area (Å²) in [5.41, 5.74) is 2.50. The van der Waals surface area contributed by atoms with Crippen molar-refractivity contribution in [2.45, 2.75) is 19.3 Å². The number of nitrogens with zero attached hydrogens (tertiary/aromatic N) is 1. The van der Waals surface area contributed by atoms with Gasteiger partial charge in [-0.15, -0.1) is 0 Å². The predicted molar refractivity (Wildman–Crippen MR) is 107 cm³/mol. The summed E-state index contributed by atoms with van der Waals surface area (Å²) in [5.74, 6) is 2.15. The van der Waals surface area contributed by atoms with Crippen LogP contribution in [-0.4, -0.2) is 31.2 Å². The van der Waals surface area contributed by atoms with Crippen molar-refractivity contribution in [3.8, 4) is 17.2 Å². The van der Waals surface area contributed by atoms with E-state index in [1.54, 1.807) is 13.3 Å². The minimum absolute atomic E-state index is 0.0533. The number of pyridine rings is 1. The molecule has 2 aromatic carbocycles. The van der Waals surface area contributed by atoms with Crippen molar-refractivity contribution < 1.29 is 19.0 Å². The second-order valence-corrected chi connectivity index (χ2v) is 6.59. The Kier molecular flexibility index (Phi) is 5.28. The topological polar surface area (TPSA) is 69.7 Å². The minimum Gasteiger partial charge on any atom is -0.494 e. The van der Waals surface area contributed by atoms with Gasteiger partial charge in [0.25, 0.3) is 0 Å².